The third kappa shape index (κ3) is 2.82. The highest BCUT2D eigenvalue weighted by Gasteiger charge is 2.30. The molecular formula is C19H21N3O3. The Labute approximate surface area is 145 Å². The number of para-hydroxylation sites is 2. The van der Waals surface area contributed by atoms with Gasteiger partial charge in [0.2, 0.25) is 5.43 Å². The van der Waals surface area contributed by atoms with E-state index < -0.39 is 5.43 Å². The molecular weight excluding hydrogens is 318 g/mol. The first kappa shape index (κ1) is 15.9. The molecule has 1 aliphatic heterocycles. The average molecular weight is 339 g/mol. The molecule has 0 bridgehead atoms. The van der Waals surface area contributed by atoms with E-state index in [4.69, 9.17) is 9.40 Å². The van der Waals surface area contributed by atoms with E-state index in [0.717, 1.165) is 49.1 Å². The van der Waals surface area contributed by atoms with Crippen molar-refractivity contribution in [1.82, 2.24) is 14.5 Å². The van der Waals surface area contributed by atoms with Crippen LogP contribution in [-0.2, 0) is 13.1 Å². The molecule has 25 heavy (non-hydrogen) atoms. The van der Waals surface area contributed by atoms with Gasteiger partial charge in [0.25, 0.3) is 0 Å². The maximum atomic E-state index is 11.6. The van der Waals surface area contributed by atoms with Crippen LogP contribution in [-0.4, -0.2) is 26.1 Å². The van der Waals surface area contributed by atoms with E-state index in [1.54, 1.807) is 0 Å². The molecule has 0 saturated carbocycles. The van der Waals surface area contributed by atoms with Crippen molar-refractivity contribution in [3.8, 4) is 5.75 Å². The summed E-state index contributed by atoms with van der Waals surface area (Å²) in [6.07, 6.45) is 3.23. The summed E-state index contributed by atoms with van der Waals surface area (Å²) in [5, 5.41) is 9.35. The number of fused-ring (bicyclic) bond motifs is 1. The summed E-state index contributed by atoms with van der Waals surface area (Å²) in [5.74, 6) is 1.28. The normalized spacial score (nSPS) is 18.2. The molecule has 6 heteroatoms. The first-order valence-corrected chi connectivity index (χ1v) is 8.67. The highest BCUT2D eigenvalue weighted by Crippen LogP contribution is 2.34. The number of rotatable bonds is 4. The fraction of sp³-hybridized carbons (Fsp3) is 0.368. The molecule has 1 N–H and O–H groups in total. The Hall–Kier alpha value is -2.60. The Morgan fingerprint density at radius 1 is 1.36 bits per heavy atom. The van der Waals surface area contributed by atoms with Gasteiger partial charge in [-0.05, 0) is 38.4 Å². The number of aryl methyl sites for hydroxylation is 1. The topological polar surface area (TPSA) is 71.5 Å². The SMILES string of the molecule is CCn1c(C2CCCN2Cc2cc(=O)c(O)co2)nc2ccccc21. The third-order valence-corrected chi connectivity index (χ3v) is 4.89. The van der Waals surface area contributed by atoms with E-state index in [-0.39, 0.29) is 11.8 Å². The van der Waals surface area contributed by atoms with Gasteiger partial charge in [0.15, 0.2) is 5.75 Å². The van der Waals surface area contributed by atoms with Gasteiger partial charge in [0.1, 0.15) is 17.8 Å². The number of benzene rings is 1. The second-order valence-corrected chi connectivity index (χ2v) is 6.43. The molecule has 1 saturated heterocycles. The monoisotopic (exact) mass is 339 g/mol. The molecule has 0 aliphatic carbocycles. The van der Waals surface area contributed by atoms with Crippen LogP contribution >= 0.6 is 0 Å². The second-order valence-electron chi connectivity index (χ2n) is 6.43. The number of aromatic hydroxyl groups is 1. The number of hydrogen-bond acceptors (Lipinski definition) is 5. The van der Waals surface area contributed by atoms with Crippen molar-refractivity contribution >= 4 is 11.0 Å². The van der Waals surface area contributed by atoms with Crippen LogP contribution in [0, 0.1) is 0 Å². The van der Waals surface area contributed by atoms with Crippen molar-refractivity contribution < 1.29 is 9.52 Å². The van der Waals surface area contributed by atoms with E-state index in [1.165, 1.54) is 6.07 Å². The Morgan fingerprint density at radius 2 is 2.20 bits per heavy atom. The molecule has 2 aromatic heterocycles. The largest absolute Gasteiger partial charge is 0.502 e. The molecule has 3 heterocycles. The van der Waals surface area contributed by atoms with Gasteiger partial charge in [-0.3, -0.25) is 9.69 Å². The van der Waals surface area contributed by atoms with Gasteiger partial charge >= 0.3 is 0 Å². The van der Waals surface area contributed by atoms with Crippen LogP contribution in [0.4, 0.5) is 0 Å². The van der Waals surface area contributed by atoms with Crippen molar-refractivity contribution in [2.75, 3.05) is 6.54 Å². The number of nitrogens with zero attached hydrogens (tertiary/aromatic N) is 3. The molecule has 0 radical (unpaired) electrons. The summed E-state index contributed by atoms with van der Waals surface area (Å²) in [4.78, 5) is 18.8. The van der Waals surface area contributed by atoms with E-state index >= 15 is 0 Å². The third-order valence-electron chi connectivity index (χ3n) is 4.89. The molecule has 1 unspecified atom stereocenters. The highest BCUT2D eigenvalue weighted by molar-refractivity contribution is 5.76. The van der Waals surface area contributed by atoms with Crippen molar-refractivity contribution in [3.05, 3.63) is 58.4 Å². The van der Waals surface area contributed by atoms with Crippen molar-refractivity contribution in [2.45, 2.75) is 38.9 Å². The number of imidazole rings is 1. The van der Waals surface area contributed by atoms with Crippen LogP contribution < -0.4 is 5.43 Å². The number of likely N-dealkylation sites (tertiary alicyclic amines) is 1. The highest BCUT2D eigenvalue weighted by atomic mass is 16.4. The molecule has 4 rings (SSSR count). The Morgan fingerprint density at radius 3 is 3.00 bits per heavy atom. The molecule has 0 amide bonds. The fourth-order valence-corrected chi connectivity index (χ4v) is 3.72. The Bertz CT molecular complexity index is 960. The molecule has 1 fully saturated rings. The number of hydrogen-bond donors (Lipinski definition) is 1. The van der Waals surface area contributed by atoms with Gasteiger partial charge in [-0.15, -0.1) is 0 Å². The molecule has 130 valence electrons. The Kier molecular flexibility index (Phi) is 4.05. The molecule has 3 aromatic rings. The second kappa shape index (κ2) is 6.37. The minimum absolute atomic E-state index is 0.200. The summed E-state index contributed by atoms with van der Waals surface area (Å²) in [6.45, 7) is 4.47. The van der Waals surface area contributed by atoms with E-state index in [2.05, 4.69) is 22.5 Å². The van der Waals surface area contributed by atoms with Crippen molar-refractivity contribution in [1.29, 1.82) is 0 Å². The lowest BCUT2D eigenvalue weighted by Gasteiger charge is -2.24. The van der Waals surface area contributed by atoms with Crippen LogP contribution in [0.5, 0.6) is 5.75 Å². The molecule has 0 spiro atoms. The maximum Gasteiger partial charge on any atom is 0.226 e. The molecule has 6 nitrogen and oxygen atoms in total. The summed E-state index contributed by atoms with van der Waals surface area (Å²) in [5.41, 5.74) is 1.77. The van der Waals surface area contributed by atoms with Gasteiger partial charge in [-0.25, -0.2) is 4.98 Å². The predicted octanol–water partition coefficient (Wildman–Crippen LogP) is 3.05. The quantitative estimate of drug-likeness (QED) is 0.791. The predicted molar refractivity (Wildman–Crippen MR) is 94.4 cm³/mol. The number of aromatic nitrogens is 2. The van der Waals surface area contributed by atoms with E-state index in [0.29, 0.717) is 12.3 Å². The lowest BCUT2D eigenvalue weighted by molar-refractivity contribution is 0.214. The maximum absolute atomic E-state index is 11.6. The zero-order valence-electron chi connectivity index (χ0n) is 14.2. The van der Waals surface area contributed by atoms with Crippen molar-refractivity contribution in [2.24, 2.45) is 0 Å². The zero-order chi connectivity index (χ0) is 17.4. The van der Waals surface area contributed by atoms with Crippen molar-refractivity contribution in [3.63, 3.8) is 0 Å². The fourth-order valence-electron chi connectivity index (χ4n) is 3.72. The summed E-state index contributed by atoms with van der Waals surface area (Å²) >= 11 is 0. The van der Waals surface area contributed by atoms with Crippen LogP contribution in [0.2, 0.25) is 0 Å². The smallest absolute Gasteiger partial charge is 0.226 e. The summed E-state index contributed by atoms with van der Waals surface area (Å²) in [7, 11) is 0. The summed E-state index contributed by atoms with van der Waals surface area (Å²) in [6, 6.07) is 9.77. The lowest BCUT2D eigenvalue weighted by Crippen LogP contribution is -2.25. The minimum Gasteiger partial charge on any atom is -0.502 e. The first-order valence-electron chi connectivity index (χ1n) is 8.67. The van der Waals surface area contributed by atoms with E-state index in [9.17, 15) is 9.90 Å². The van der Waals surface area contributed by atoms with Gasteiger partial charge in [-0.1, -0.05) is 12.1 Å². The van der Waals surface area contributed by atoms with Gasteiger partial charge in [-0.2, -0.15) is 0 Å². The first-order chi connectivity index (χ1) is 12.2. The molecule has 1 atom stereocenters. The molecule has 1 aliphatic rings. The van der Waals surface area contributed by atoms with Crippen LogP contribution in [0.1, 0.15) is 37.4 Å². The average Bonchev–Trinajstić information content (AvgIpc) is 3.21. The van der Waals surface area contributed by atoms with E-state index in [1.807, 2.05) is 18.2 Å². The van der Waals surface area contributed by atoms with Gasteiger partial charge in [0, 0.05) is 12.6 Å². The molecule has 1 aromatic carbocycles. The standard InChI is InChI=1S/C19H21N3O3/c1-2-22-15-7-4-3-6-14(15)20-19(22)16-8-5-9-21(16)11-13-10-17(23)18(24)12-25-13/h3-4,6-7,10,12,16,24H,2,5,8-9,11H2,1H3. The van der Waals surface area contributed by atoms with Crippen LogP contribution in [0.25, 0.3) is 11.0 Å². The van der Waals surface area contributed by atoms with Crippen LogP contribution in [0.3, 0.4) is 0 Å². The zero-order valence-corrected chi connectivity index (χ0v) is 14.2. The van der Waals surface area contributed by atoms with Crippen LogP contribution in [0.15, 0.2) is 45.8 Å². The Balaban J connectivity index is 1.67. The summed E-state index contributed by atoms with van der Waals surface area (Å²) < 4.78 is 7.65. The lowest BCUT2D eigenvalue weighted by atomic mass is 10.2. The van der Waals surface area contributed by atoms with Gasteiger partial charge < -0.3 is 14.1 Å². The minimum atomic E-state index is -0.405. The van der Waals surface area contributed by atoms with Gasteiger partial charge in [0.05, 0.1) is 23.6 Å².